The predicted octanol–water partition coefficient (Wildman–Crippen LogP) is 3.40. The number of carbonyl (C=O) groups excluding carboxylic acids is 1. The number of pyridine rings is 1. The highest BCUT2D eigenvalue weighted by atomic mass is 32.2. The fourth-order valence-electron chi connectivity index (χ4n) is 3.06. The van der Waals surface area contributed by atoms with Crippen molar-refractivity contribution in [1.82, 2.24) is 10.3 Å². The number of methoxy groups -OCH3 is 1. The minimum Gasteiger partial charge on any atom is -0.496 e. The van der Waals surface area contributed by atoms with Gasteiger partial charge in [-0.2, -0.15) is 0 Å². The Hall–Kier alpha value is -2.94. The number of nitrogens with zero attached hydrogens (tertiary/aromatic N) is 1. The van der Waals surface area contributed by atoms with Gasteiger partial charge < -0.3 is 15.4 Å². The molecular weight excluding hydrogens is 421 g/mol. The van der Waals surface area contributed by atoms with Crippen LogP contribution in [-0.2, 0) is 16.4 Å². The maximum absolute atomic E-state index is 13.7. The lowest BCUT2D eigenvalue weighted by molar-refractivity contribution is 0.0947. The van der Waals surface area contributed by atoms with E-state index in [-0.39, 0.29) is 12.4 Å². The molecule has 0 saturated heterocycles. The van der Waals surface area contributed by atoms with Crippen molar-refractivity contribution in [2.45, 2.75) is 38.3 Å². The highest BCUT2D eigenvalue weighted by Crippen LogP contribution is 2.39. The van der Waals surface area contributed by atoms with E-state index in [0.29, 0.717) is 28.6 Å². The molecule has 166 valence electrons. The zero-order valence-corrected chi connectivity index (χ0v) is 18.5. The number of halogens is 1. The van der Waals surface area contributed by atoms with E-state index in [2.05, 4.69) is 15.6 Å². The molecule has 0 bridgehead atoms. The van der Waals surface area contributed by atoms with Gasteiger partial charge in [0.05, 0.1) is 12.7 Å². The summed E-state index contributed by atoms with van der Waals surface area (Å²) in [4.78, 5) is 17.4. The highest BCUT2D eigenvalue weighted by Gasteiger charge is 2.26. The SMILES string of the molecule is COc1ccc(F)cc1CNc1nc(C2CC2)ccc1C(=O)N[C@@H](C)/C=C/S(C)(=O)=O. The van der Waals surface area contributed by atoms with E-state index >= 15 is 0 Å². The number of carbonyl (C=O) groups is 1. The van der Waals surface area contributed by atoms with E-state index in [1.807, 2.05) is 6.07 Å². The number of sulfone groups is 1. The molecule has 0 unspecified atom stereocenters. The summed E-state index contributed by atoms with van der Waals surface area (Å²) >= 11 is 0. The van der Waals surface area contributed by atoms with Crippen LogP contribution >= 0.6 is 0 Å². The van der Waals surface area contributed by atoms with Gasteiger partial charge in [0.15, 0.2) is 9.84 Å². The third-order valence-electron chi connectivity index (χ3n) is 4.82. The van der Waals surface area contributed by atoms with Gasteiger partial charge in [-0.3, -0.25) is 4.79 Å². The summed E-state index contributed by atoms with van der Waals surface area (Å²) in [5.41, 5.74) is 1.81. The van der Waals surface area contributed by atoms with Gasteiger partial charge in [-0.1, -0.05) is 6.08 Å². The lowest BCUT2D eigenvalue weighted by atomic mass is 10.1. The van der Waals surface area contributed by atoms with E-state index in [1.165, 1.54) is 25.3 Å². The third-order valence-corrected chi connectivity index (χ3v) is 5.47. The molecule has 1 aliphatic carbocycles. The van der Waals surface area contributed by atoms with Crippen molar-refractivity contribution in [3.8, 4) is 5.75 Å². The molecular formula is C22H26FN3O4S. The van der Waals surface area contributed by atoms with Crippen molar-refractivity contribution in [3.63, 3.8) is 0 Å². The smallest absolute Gasteiger partial charge is 0.255 e. The van der Waals surface area contributed by atoms with Gasteiger partial charge in [0.25, 0.3) is 5.91 Å². The Kier molecular flexibility index (Phi) is 6.94. The molecule has 2 aromatic rings. The van der Waals surface area contributed by atoms with Crippen molar-refractivity contribution < 1.29 is 22.3 Å². The maximum Gasteiger partial charge on any atom is 0.255 e. The molecule has 7 nitrogen and oxygen atoms in total. The lowest BCUT2D eigenvalue weighted by Crippen LogP contribution is -2.32. The summed E-state index contributed by atoms with van der Waals surface area (Å²) in [5.74, 6) is 0.513. The summed E-state index contributed by atoms with van der Waals surface area (Å²) in [5, 5.41) is 6.94. The summed E-state index contributed by atoms with van der Waals surface area (Å²) < 4.78 is 41.5. The molecule has 3 rings (SSSR count). The van der Waals surface area contributed by atoms with E-state index in [4.69, 9.17) is 4.74 Å². The number of hydrogen-bond donors (Lipinski definition) is 2. The fraction of sp³-hybridized carbons (Fsp3) is 0.364. The molecule has 2 N–H and O–H groups in total. The molecule has 1 aromatic heterocycles. The minimum atomic E-state index is -3.28. The highest BCUT2D eigenvalue weighted by molar-refractivity contribution is 7.93. The molecule has 1 aliphatic rings. The Bertz CT molecular complexity index is 1100. The first kappa shape index (κ1) is 22.7. The fourth-order valence-corrected chi connectivity index (χ4v) is 3.58. The number of nitrogens with one attached hydrogen (secondary N) is 2. The van der Waals surface area contributed by atoms with Crippen LogP contribution in [0.25, 0.3) is 0 Å². The molecule has 0 spiro atoms. The second kappa shape index (κ2) is 9.47. The van der Waals surface area contributed by atoms with Crippen LogP contribution in [0, 0.1) is 5.82 Å². The van der Waals surface area contributed by atoms with E-state index in [9.17, 15) is 17.6 Å². The molecule has 0 radical (unpaired) electrons. The topological polar surface area (TPSA) is 97.4 Å². The molecule has 1 saturated carbocycles. The van der Waals surface area contributed by atoms with Gasteiger partial charge in [0, 0.05) is 41.4 Å². The number of anilines is 1. The van der Waals surface area contributed by atoms with Crippen LogP contribution in [0.15, 0.2) is 41.8 Å². The van der Waals surface area contributed by atoms with E-state index in [0.717, 1.165) is 30.2 Å². The Morgan fingerprint density at radius 2 is 2.06 bits per heavy atom. The molecule has 1 amide bonds. The van der Waals surface area contributed by atoms with Crippen LogP contribution in [0.4, 0.5) is 10.2 Å². The first-order valence-electron chi connectivity index (χ1n) is 9.92. The molecule has 1 heterocycles. The lowest BCUT2D eigenvalue weighted by Gasteiger charge is -2.16. The first-order valence-corrected chi connectivity index (χ1v) is 11.9. The molecule has 9 heteroatoms. The molecule has 1 atom stereocenters. The monoisotopic (exact) mass is 447 g/mol. The summed E-state index contributed by atoms with van der Waals surface area (Å²) in [6.45, 7) is 1.89. The largest absolute Gasteiger partial charge is 0.496 e. The third kappa shape index (κ3) is 6.52. The number of aromatic nitrogens is 1. The van der Waals surface area contributed by atoms with Gasteiger partial charge >= 0.3 is 0 Å². The van der Waals surface area contributed by atoms with Crippen molar-refractivity contribution in [3.05, 3.63) is 64.5 Å². The normalized spacial score (nSPS) is 15.0. The van der Waals surface area contributed by atoms with Gasteiger partial charge in [-0.05, 0) is 50.1 Å². The molecule has 31 heavy (non-hydrogen) atoms. The van der Waals surface area contributed by atoms with Crippen LogP contribution in [0.2, 0.25) is 0 Å². The standard InChI is InChI=1S/C22H26FN3O4S/c1-14(10-11-31(3,28)29)25-22(27)18-7-8-19(15-4-5-15)26-21(18)24-13-16-12-17(23)6-9-20(16)30-2/h6-12,14-15H,4-5,13H2,1-3H3,(H,24,26)(H,25,27)/b11-10+/t14-/m0/s1. The zero-order valence-electron chi connectivity index (χ0n) is 17.7. The summed E-state index contributed by atoms with van der Waals surface area (Å²) in [7, 11) is -1.78. The van der Waals surface area contributed by atoms with Gasteiger partial charge in [0.1, 0.15) is 17.4 Å². The minimum absolute atomic E-state index is 0.214. The van der Waals surface area contributed by atoms with E-state index in [1.54, 1.807) is 19.1 Å². The maximum atomic E-state index is 13.7. The number of ether oxygens (including phenoxy) is 1. The Balaban J connectivity index is 1.81. The number of rotatable bonds is 9. The summed E-state index contributed by atoms with van der Waals surface area (Å²) in [6.07, 6.45) is 4.61. The van der Waals surface area contributed by atoms with Crippen LogP contribution in [0.5, 0.6) is 5.75 Å². The molecule has 0 aliphatic heterocycles. The molecule has 1 aromatic carbocycles. The Morgan fingerprint density at radius 3 is 2.71 bits per heavy atom. The second-order valence-corrected chi connectivity index (χ2v) is 9.57. The van der Waals surface area contributed by atoms with Crippen molar-refractivity contribution in [2.75, 3.05) is 18.7 Å². The Labute approximate surface area is 181 Å². The first-order chi connectivity index (χ1) is 14.7. The zero-order chi connectivity index (χ0) is 22.6. The number of benzene rings is 1. The number of amides is 1. The average molecular weight is 448 g/mol. The van der Waals surface area contributed by atoms with E-state index < -0.39 is 21.8 Å². The van der Waals surface area contributed by atoms with Crippen molar-refractivity contribution in [2.24, 2.45) is 0 Å². The second-order valence-electron chi connectivity index (χ2n) is 7.64. The molecule has 1 fully saturated rings. The van der Waals surface area contributed by atoms with Crippen molar-refractivity contribution in [1.29, 1.82) is 0 Å². The van der Waals surface area contributed by atoms with Gasteiger partial charge in [-0.15, -0.1) is 0 Å². The van der Waals surface area contributed by atoms with Crippen LogP contribution in [0.1, 0.15) is 47.3 Å². The van der Waals surface area contributed by atoms with Crippen molar-refractivity contribution >= 4 is 21.6 Å². The van der Waals surface area contributed by atoms with Crippen LogP contribution in [0.3, 0.4) is 0 Å². The quantitative estimate of drug-likeness (QED) is 0.612. The Morgan fingerprint density at radius 1 is 1.32 bits per heavy atom. The summed E-state index contributed by atoms with van der Waals surface area (Å²) in [6, 6.07) is 7.27. The van der Waals surface area contributed by atoms with Crippen LogP contribution < -0.4 is 15.4 Å². The van der Waals surface area contributed by atoms with Crippen LogP contribution in [-0.4, -0.2) is 38.7 Å². The predicted molar refractivity (Wildman–Crippen MR) is 117 cm³/mol. The average Bonchev–Trinajstić information content (AvgIpc) is 3.55. The number of hydrogen-bond acceptors (Lipinski definition) is 6. The van der Waals surface area contributed by atoms with Gasteiger partial charge in [-0.25, -0.2) is 17.8 Å². The van der Waals surface area contributed by atoms with Gasteiger partial charge in [0.2, 0.25) is 0 Å².